The summed E-state index contributed by atoms with van der Waals surface area (Å²) in [5.74, 6) is 0.798. The Balaban J connectivity index is 1.36. The summed E-state index contributed by atoms with van der Waals surface area (Å²) in [4.78, 5) is 14.8. The summed E-state index contributed by atoms with van der Waals surface area (Å²) in [5, 5.41) is 13.2. The number of benzene rings is 2. The van der Waals surface area contributed by atoms with E-state index in [9.17, 15) is 4.79 Å². The monoisotopic (exact) mass is 440 g/mol. The Morgan fingerprint density at radius 1 is 0.967 bits per heavy atom. The number of carbonyl (C=O) groups is 1. The van der Waals surface area contributed by atoms with Gasteiger partial charge in [-0.15, -0.1) is 10.2 Å². The van der Waals surface area contributed by atoms with Crippen molar-refractivity contribution in [3.63, 3.8) is 0 Å². The molecule has 0 spiro atoms. The van der Waals surface area contributed by atoms with Crippen LogP contribution in [0.1, 0.15) is 18.4 Å². The minimum atomic E-state index is -0.0659. The van der Waals surface area contributed by atoms with E-state index in [0.29, 0.717) is 23.1 Å². The van der Waals surface area contributed by atoms with Gasteiger partial charge < -0.3 is 10.2 Å². The number of rotatable bonds is 5. The average Bonchev–Trinajstić information content (AvgIpc) is 2.79. The smallest absolute Gasteiger partial charge is 0.225 e. The number of hydrogen-bond donors (Lipinski definition) is 1. The molecule has 1 N–H and O–H groups in total. The summed E-state index contributed by atoms with van der Waals surface area (Å²) in [6.45, 7) is 2.01. The maximum Gasteiger partial charge on any atom is 0.225 e. The molecule has 1 saturated heterocycles. The number of anilines is 1. The topological polar surface area (TPSA) is 58.1 Å². The maximum absolute atomic E-state index is 12.7. The zero-order valence-electron chi connectivity index (χ0n) is 16.4. The number of nitrogens with one attached hydrogen (secondary N) is 1. The number of piperidine rings is 1. The molecular formula is C23H22Cl2N4O. The molecule has 1 atom stereocenters. The van der Waals surface area contributed by atoms with Crippen LogP contribution in [0, 0.1) is 5.92 Å². The van der Waals surface area contributed by atoms with Crippen molar-refractivity contribution in [2.24, 2.45) is 5.92 Å². The molecule has 154 valence electrons. The van der Waals surface area contributed by atoms with E-state index in [4.69, 9.17) is 23.2 Å². The first kappa shape index (κ1) is 20.6. The van der Waals surface area contributed by atoms with Crippen LogP contribution in [0.4, 0.5) is 5.82 Å². The van der Waals surface area contributed by atoms with Gasteiger partial charge in [-0.05, 0) is 54.8 Å². The predicted octanol–water partition coefficient (Wildman–Crippen LogP) is 4.98. The SMILES string of the molecule is O=C(NCc1ccc(Cl)cc1)C1CCCN(c2ccc(-c3ccc(Cl)cc3)nn2)C1. The number of halogens is 2. The van der Waals surface area contributed by atoms with Gasteiger partial charge in [-0.3, -0.25) is 4.79 Å². The van der Waals surface area contributed by atoms with Gasteiger partial charge in [-0.2, -0.15) is 0 Å². The third-order valence-electron chi connectivity index (χ3n) is 5.29. The molecule has 7 heteroatoms. The van der Waals surface area contributed by atoms with Crippen LogP contribution in [0.2, 0.25) is 10.0 Å². The van der Waals surface area contributed by atoms with Crippen LogP contribution in [-0.4, -0.2) is 29.2 Å². The van der Waals surface area contributed by atoms with E-state index in [1.165, 1.54) is 0 Å². The summed E-state index contributed by atoms with van der Waals surface area (Å²) < 4.78 is 0. The highest BCUT2D eigenvalue weighted by atomic mass is 35.5. The van der Waals surface area contributed by atoms with E-state index in [0.717, 1.165) is 42.0 Å². The highest BCUT2D eigenvalue weighted by Gasteiger charge is 2.26. The standard InChI is InChI=1S/C23H22Cl2N4O/c24-19-7-3-16(4-8-19)14-26-23(30)18-2-1-13-29(15-18)22-12-11-21(27-28-22)17-5-9-20(25)10-6-17/h3-12,18H,1-2,13-15H2,(H,26,30). The molecule has 1 amide bonds. The minimum absolute atomic E-state index is 0.0659. The molecule has 0 bridgehead atoms. The predicted molar refractivity (Wildman–Crippen MR) is 121 cm³/mol. The van der Waals surface area contributed by atoms with Crippen molar-refractivity contribution in [3.8, 4) is 11.3 Å². The minimum Gasteiger partial charge on any atom is -0.354 e. The van der Waals surface area contributed by atoms with E-state index in [1.807, 2.05) is 60.7 Å². The van der Waals surface area contributed by atoms with Crippen LogP contribution in [0.15, 0.2) is 60.7 Å². The van der Waals surface area contributed by atoms with Gasteiger partial charge in [0.25, 0.3) is 0 Å². The Morgan fingerprint density at radius 2 is 1.67 bits per heavy atom. The van der Waals surface area contributed by atoms with Crippen LogP contribution in [-0.2, 0) is 11.3 Å². The van der Waals surface area contributed by atoms with Crippen LogP contribution in [0.5, 0.6) is 0 Å². The van der Waals surface area contributed by atoms with Gasteiger partial charge in [-0.25, -0.2) is 0 Å². The number of carbonyl (C=O) groups excluding carboxylic acids is 1. The second-order valence-corrected chi connectivity index (χ2v) is 8.29. The van der Waals surface area contributed by atoms with Crippen molar-refractivity contribution in [2.45, 2.75) is 19.4 Å². The first-order chi connectivity index (χ1) is 14.6. The first-order valence-electron chi connectivity index (χ1n) is 9.95. The molecule has 5 nitrogen and oxygen atoms in total. The van der Waals surface area contributed by atoms with Crippen molar-refractivity contribution in [2.75, 3.05) is 18.0 Å². The Bertz CT molecular complexity index is 991. The van der Waals surface area contributed by atoms with E-state index in [-0.39, 0.29) is 11.8 Å². The largest absolute Gasteiger partial charge is 0.354 e. The highest BCUT2D eigenvalue weighted by Crippen LogP contribution is 2.24. The molecule has 1 fully saturated rings. The molecule has 30 heavy (non-hydrogen) atoms. The average molecular weight is 441 g/mol. The lowest BCUT2D eigenvalue weighted by Crippen LogP contribution is -2.43. The normalized spacial score (nSPS) is 16.3. The van der Waals surface area contributed by atoms with Gasteiger partial charge in [0.05, 0.1) is 11.6 Å². The third-order valence-corrected chi connectivity index (χ3v) is 5.79. The van der Waals surface area contributed by atoms with Crippen LogP contribution in [0.3, 0.4) is 0 Å². The number of amides is 1. The summed E-state index contributed by atoms with van der Waals surface area (Å²) in [6.07, 6.45) is 1.82. The van der Waals surface area contributed by atoms with Crippen molar-refractivity contribution in [1.82, 2.24) is 15.5 Å². The Labute approximate surface area is 186 Å². The lowest BCUT2D eigenvalue weighted by atomic mass is 9.97. The van der Waals surface area contributed by atoms with Crippen molar-refractivity contribution in [3.05, 3.63) is 76.3 Å². The van der Waals surface area contributed by atoms with Gasteiger partial charge in [0.15, 0.2) is 5.82 Å². The summed E-state index contributed by atoms with van der Waals surface area (Å²) in [6, 6.07) is 19.0. The molecule has 3 aromatic rings. The summed E-state index contributed by atoms with van der Waals surface area (Å²) >= 11 is 11.9. The Hall–Kier alpha value is -2.63. The zero-order chi connectivity index (χ0) is 20.9. The van der Waals surface area contributed by atoms with Crippen LogP contribution >= 0.6 is 23.2 Å². The molecule has 1 aliphatic heterocycles. The molecule has 1 unspecified atom stereocenters. The van der Waals surface area contributed by atoms with E-state index in [2.05, 4.69) is 20.4 Å². The fraction of sp³-hybridized carbons (Fsp3) is 0.261. The Morgan fingerprint density at radius 3 is 2.33 bits per heavy atom. The lowest BCUT2D eigenvalue weighted by molar-refractivity contribution is -0.125. The van der Waals surface area contributed by atoms with Crippen LogP contribution < -0.4 is 10.2 Å². The maximum atomic E-state index is 12.7. The van der Waals surface area contributed by atoms with Gasteiger partial charge in [0.1, 0.15) is 0 Å². The molecule has 2 heterocycles. The fourth-order valence-electron chi connectivity index (χ4n) is 3.60. The number of hydrogen-bond acceptors (Lipinski definition) is 4. The molecule has 1 aliphatic rings. The first-order valence-corrected chi connectivity index (χ1v) is 10.7. The van der Waals surface area contributed by atoms with Gasteiger partial charge in [0.2, 0.25) is 5.91 Å². The molecule has 0 radical (unpaired) electrons. The van der Waals surface area contributed by atoms with Crippen molar-refractivity contribution in [1.29, 1.82) is 0 Å². The molecule has 4 rings (SSSR count). The number of aromatic nitrogens is 2. The number of nitrogens with zero attached hydrogens (tertiary/aromatic N) is 3. The van der Waals surface area contributed by atoms with Gasteiger partial charge in [0, 0.05) is 35.2 Å². The summed E-state index contributed by atoms with van der Waals surface area (Å²) in [7, 11) is 0. The van der Waals surface area contributed by atoms with Crippen LogP contribution in [0.25, 0.3) is 11.3 Å². The molecule has 1 aromatic heterocycles. The third kappa shape index (κ3) is 5.10. The quantitative estimate of drug-likeness (QED) is 0.607. The molecule has 0 saturated carbocycles. The van der Waals surface area contributed by atoms with Crippen molar-refractivity contribution < 1.29 is 4.79 Å². The van der Waals surface area contributed by atoms with E-state index < -0.39 is 0 Å². The molecule has 2 aromatic carbocycles. The second-order valence-electron chi connectivity index (χ2n) is 7.41. The van der Waals surface area contributed by atoms with Crippen molar-refractivity contribution >= 4 is 34.9 Å². The Kier molecular flexibility index (Phi) is 6.50. The van der Waals surface area contributed by atoms with Gasteiger partial charge >= 0.3 is 0 Å². The second kappa shape index (κ2) is 9.45. The lowest BCUT2D eigenvalue weighted by Gasteiger charge is -2.32. The van der Waals surface area contributed by atoms with E-state index >= 15 is 0 Å². The highest BCUT2D eigenvalue weighted by molar-refractivity contribution is 6.30. The molecular weight excluding hydrogens is 419 g/mol. The fourth-order valence-corrected chi connectivity index (χ4v) is 3.86. The zero-order valence-corrected chi connectivity index (χ0v) is 17.9. The molecule has 0 aliphatic carbocycles. The summed E-state index contributed by atoms with van der Waals surface area (Å²) in [5.41, 5.74) is 2.80. The van der Waals surface area contributed by atoms with E-state index in [1.54, 1.807) is 0 Å². The van der Waals surface area contributed by atoms with Gasteiger partial charge in [-0.1, -0.05) is 47.5 Å².